The van der Waals surface area contributed by atoms with Crippen LogP contribution in [-0.4, -0.2) is 36.7 Å². The van der Waals surface area contributed by atoms with Crippen molar-refractivity contribution in [3.63, 3.8) is 0 Å². The summed E-state index contributed by atoms with van der Waals surface area (Å²) in [6, 6.07) is 6.01. The number of rotatable bonds is 7. The van der Waals surface area contributed by atoms with Crippen LogP contribution in [-0.2, 0) is 11.3 Å². The van der Waals surface area contributed by atoms with E-state index in [0.29, 0.717) is 31.1 Å². The summed E-state index contributed by atoms with van der Waals surface area (Å²) in [7, 11) is 0. The van der Waals surface area contributed by atoms with Gasteiger partial charge in [-0.25, -0.2) is 13.6 Å². The first-order valence-electron chi connectivity index (χ1n) is 9.33. The monoisotopic (exact) mass is 379 g/mol. The fraction of sp³-hybridized carbons (Fsp3) is 0.600. The number of hydrogen-bond donors (Lipinski definition) is 1. The van der Waals surface area contributed by atoms with E-state index in [4.69, 9.17) is 10.00 Å². The van der Waals surface area contributed by atoms with Crippen LogP contribution in [0.4, 0.5) is 13.6 Å². The minimum absolute atomic E-state index is 0.0325. The largest absolute Gasteiger partial charge is 0.445 e. The Bertz CT molecular complexity index is 684. The maximum absolute atomic E-state index is 13.2. The highest BCUT2D eigenvalue weighted by molar-refractivity contribution is 5.67. The number of nitriles is 1. The minimum Gasteiger partial charge on any atom is -0.445 e. The first kappa shape index (κ1) is 21.1. The van der Waals surface area contributed by atoms with Gasteiger partial charge in [0.1, 0.15) is 6.61 Å². The Kier molecular flexibility index (Phi) is 7.55. The maximum atomic E-state index is 13.2. The summed E-state index contributed by atoms with van der Waals surface area (Å²) in [4.78, 5) is 13.8. The molecule has 0 saturated carbocycles. The molecular formula is C20H27F2N3O2. The Morgan fingerprint density at radius 3 is 2.67 bits per heavy atom. The lowest BCUT2D eigenvalue weighted by molar-refractivity contribution is 0.0842. The van der Waals surface area contributed by atoms with E-state index in [9.17, 15) is 13.6 Å². The zero-order valence-corrected chi connectivity index (χ0v) is 15.9. The highest BCUT2D eigenvalue weighted by atomic mass is 19.2. The average Bonchev–Trinajstić information content (AvgIpc) is 2.67. The van der Waals surface area contributed by atoms with Gasteiger partial charge < -0.3 is 15.0 Å². The van der Waals surface area contributed by atoms with Gasteiger partial charge in [-0.1, -0.05) is 19.9 Å². The molecule has 0 radical (unpaired) electrons. The van der Waals surface area contributed by atoms with Crippen LogP contribution >= 0.6 is 0 Å². The Labute approximate surface area is 159 Å². The Balaban J connectivity index is 1.73. The van der Waals surface area contributed by atoms with Gasteiger partial charge in [0.25, 0.3) is 0 Å². The highest BCUT2D eigenvalue weighted by Crippen LogP contribution is 2.25. The van der Waals surface area contributed by atoms with Crippen molar-refractivity contribution in [2.45, 2.75) is 52.2 Å². The van der Waals surface area contributed by atoms with E-state index in [0.717, 1.165) is 37.9 Å². The molecule has 1 atom stereocenters. The molecule has 1 N–H and O–H groups in total. The molecule has 0 bridgehead atoms. The number of piperidine rings is 1. The third-order valence-electron chi connectivity index (χ3n) is 5.28. The van der Waals surface area contributed by atoms with Gasteiger partial charge in [0, 0.05) is 32.1 Å². The Morgan fingerprint density at radius 1 is 1.37 bits per heavy atom. The zero-order valence-electron chi connectivity index (χ0n) is 15.9. The molecule has 2 rings (SSSR count). The summed E-state index contributed by atoms with van der Waals surface area (Å²) < 4.78 is 31.3. The van der Waals surface area contributed by atoms with Gasteiger partial charge in [-0.15, -0.1) is 0 Å². The molecule has 7 heteroatoms. The molecule has 27 heavy (non-hydrogen) atoms. The summed E-state index contributed by atoms with van der Waals surface area (Å²) in [5.74, 6) is -1.88. The zero-order chi connectivity index (χ0) is 19.9. The molecule has 1 fully saturated rings. The van der Waals surface area contributed by atoms with Gasteiger partial charge in [0.2, 0.25) is 0 Å². The first-order valence-corrected chi connectivity index (χ1v) is 9.33. The molecular weight excluding hydrogens is 352 g/mol. The van der Waals surface area contributed by atoms with Crippen LogP contribution < -0.4 is 5.32 Å². The van der Waals surface area contributed by atoms with Crippen LogP contribution in [0.5, 0.6) is 0 Å². The average molecular weight is 379 g/mol. The van der Waals surface area contributed by atoms with Crippen molar-refractivity contribution < 1.29 is 18.3 Å². The van der Waals surface area contributed by atoms with Gasteiger partial charge in [-0.3, -0.25) is 0 Å². The van der Waals surface area contributed by atoms with Crippen molar-refractivity contribution in [3.05, 3.63) is 35.4 Å². The van der Waals surface area contributed by atoms with Gasteiger partial charge in [-0.2, -0.15) is 5.26 Å². The van der Waals surface area contributed by atoms with E-state index in [2.05, 4.69) is 25.2 Å². The van der Waals surface area contributed by atoms with Gasteiger partial charge >= 0.3 is 6.09 Å². The third-order valence-corrected chi connectivity index (χ3v) is 5.28. The molecule has 1 unspecified atom stereocenters. The molecule has 0 spiro atoms. The van der Waals surface area contributed by atoms with E-state index < -0.39 is 17.7 Å². The molecule has 1 amide bonds. The van der Waals surface area contributed by atoms with Crippen molar-refractivity contribution in [2.75, 3.05) is 19.6 Å². The van der Waals surface area contributed by atoms with Crippen LogP contribution in [0.2, 0.25) is 0 Å². The smallest absolute Gasteiger partial charge is 0.410 e. The number of halogens is 2. The van der Waals surface area contributed by atoms with E-state index in [1.165, 1.54) is 6.07 Å². The van der Waals surface area contributed by atoms with Gasteiger partial charge in [0.05, 0.1) is 6.07 Å². The van der Waals surface area contributed by atoms with E-state index in [1.807, 2.05) is 0 Å². The Morgan fingerprint density at radius 2 is 2.07 bits per heavy atom. The number of carbonyl (C=O) groups excluding carboxylic acids is 1. The van der Waals surface area contributed by atoms with E-state index in [-0.39, 0.29) is 12.0 Å². The molecule has 1 aromatic rings. The predicted molar refractivity (Wildman–Crippen MR) is 97.8 cm³/mol. The summed E-state index contributed by atoms with van der Waals surface area (Å²) in [5, 5.41) is 12.5. The summed E-state index contributed by atoms with van der Waals surface area (Å²) in [5.41, 5.74) is 0.380. The van der Waals surface area contributed by atoms with Gasteiger partial charge in [0.15, 0.2) is 11.6 Å². The predicted octanol–water partition coefficient (Wildman–Crippen LogP) is 3.99. The van der Waals surface area contributed by atoms with Crippen molar-refractivity contribution in [3.8, 4) is 6.07 Å². The van der Waals surface area contributed by atoms with Crippen LogP contribution in [0.25, 0.3) is 0 Å². The molecule has 1 aliphatic heterocycles. The number of nitrogens with one attached hydrogen (secondary N) is 1. The fourth-order valence-corrected chi connectivity index (χ4v) is 3.03. The maximum Gasteiger partial charge on any atom is 0.410 e. The summed E-state index contributed by atoms with van der Waals surface area (Å²) in [6.07, 6.45) is 2.63. The number of benzene rings is 1. The van der Waals surface area contributed by atoms with Crippen molar-refractivity contribution in [1.29, 1.82) is 5.26 Å². The van der Waals surface area contributed by atoms with E-state index in [1.54, 1.807) is 4.90 Å². The standard InChI is InChI=1S/C20H27F2N3O2/c1-3-20(2,8-9-23)14-24-16-6-10-25(11-7-16)19(26)27-13-15-4-5-17(21)18(22)12-15/h4-5,12,16,24H,3,6-8,10-11,13-14H2,1-2H3. The topological polar surface area (TPSA) is 65.4 Å². The SMILES string of the molecule is CCC(C)(CC#N)CNC1CCN(C(=O)OCc2ccc(F)c(F)c2)CC1. The van der Waals surface area contributed by atoms with Crippen molar-refractivity contribution >= 4 is 6.09 Å². The van der Waals surface area contributed by atoms with Crippen molar-refractivity contribution in [1.82, 2.24) is 10.2 Å². The second-order valence-electron chi connectivity index (χ2n) is 7.44. The molecule has 5 nitrogen and oxygen atoms in total. The molecule has 1 aromatic carbocycles. The number of ether oxygens (including phenoxy) is 1. The Hall–Kier alpha value is -2.20. The van der Waals surface area contributed by atoms with E-state index >= 15 is 0 Å². The third kappa shape index (κ3) is 6.17. The normalized spacial score (nSPS) is 17.2. The number of amides is 1. The summed E-state index contributed by atoms with van der Waals surface area (Å²) >= 11 is 0. The lowest BCUT2D eigenvalue weighted by Gasteiger charge is -2.34. The second kappa shape index (κ2) is 9.65. The summed E-state index contributed by atoms with van der Waals surface area (Å²) in [6.45, 7) is 6.04. The number of hydrogen-bond acceptors (Lipinski definition) is 4. The number of nitrogens with zero attached hydrogens (tertiary/aromatic N) is 2. The highest BCUT2D eigenvalue weighted by Gasteiger charge is 2.27. The first-order chi connectivity index (χ1) is 12.9. The fourth-order valence-electron chi connectivity index (χ4n) is 3.03. The second-order valence-corrected chi connectivity index (χ2v) is 7.44. The number of likely N-dealkylation sites (tertiary alicyclic amines) is 1. The molecule has 0 aromatic heterocycles. The van der Waals surface area contributed by atoms with Gasteiger partial charge in [-0.05, 0) is 42.4 Å². The molecule has 1 aliphatic rings. The lowest BCUT2D eigenvalue weighted by atomic mass is 9.84. The van der Waals surface area contributed by atoms with Crippen LogP contribution in [0, 0.1) is 28.4 Å². The van der Waals surface area contributed by atoms with Crippen LogP contribution in [0.1, 0.15) is 45.1 Å². The van der Waals surface area contributed by atoms with Crippen LogP contribution in [0.3, 0.4) is 0 Å². The quantitative estimate of drug-likeness (QED) is 0.778. The molecule has 1 saturated heterocycles. The molecule has 1 heterocycles. The molecule has 148 valence electrons. The lowest BCUT2D eigenvalue weighted by Crippen LogP contribution is -2.47. The minimum atomic E-state index is -0.953. The van der Waals surface area contributed by atoms with Crippen molar-refractivity contribution in [2.24, 2.45) is 5.41 Å². The van der Waals surface area contributed by atoms with Crippen LogP contribution in [0.15, 0.2) is 18.2 Å². The number of carbonyl (C=O) groups is 1. The molecule has 0 aliphatic carbocycles.